The Kier molecular flexibility index (Phi) is 6.10. The lowest BCUT2D eigenvalue weighted by atomic mass is 10.2. The highest BCUT2D eigenvalue weighted by atomic mass is 32.2. The Balaban J connectivity index is 1.37. The highest BCUT2D eigenvalue weighted by Gasteiger charge is 2.23. The predicted molar refractivity (Wildman–Crippen MR) is 124 cm³/mol. The van der Waals surface area contributed by atoms with E-state index in [-0.39, 0.29) is 11.6 Å². The van der Waals surface area contributed by atoms with Gasteiger partial charge in [0.05, 0.1) is 10.7 Å². The highest BCUT2D eigenvalue weighted by Crippen LogP contribution is 2.35. The number of carbonyl (C=O) groups excluding carboxylic acids is 1. The fraction of sp³-hybridized carbons (Fsp3) is 0.381. The third kappa shape index (κ3) is 4.49. The van der Waals surface area contributed by atoms with Gasteiger partial charge in [-0.05, 0) is 38.5 Å². The maximum atomic E-state index is 12.8. The Morgan fingerprint density at radius 2 is 1.81 bits per heavy atom. The molecule has 3 aromatic rings. The fourth-order valence-corrected chi connectivity index (χ4v) is 5.81. The second-order valence-corrected chi connectivity index (χ2v) is 9.64. The van der Waals surface area contributed by atoms with Crippen LogP contribution in [0.2, 0.25) is 0 Å². The van der Waals surface area contributed by atoms with E-state index in [0.717, 1.165) is 26.8 Å². The number of anilines is 1. The standard InChI is InChI=1S/C21H23N5O3S2/c1-13-14(2)31-21-19(13)20(22-15(3)23-21)30-12-18(27)25-10-8-24(9-11-25)16-4-6-17(7-5-16)26(28)29/h4-7H,8-12H2,1-3H3. The van der Waals surface area contributed by atoms with Crippen molar-refractivity contribution < 1.29 is 9.72 Å². The van der Waals surface area contributed by atoms with Crippen molar-refractivity contribution in [2.75, 3.05) is 36.8 Å². The van der Waals surface area contributed by atoms with E-state index in [9.17, 15) is 14.9 Å². The molecule has 0 atom stereocenters. The Hall–Kier alpha value is -2.72. The van der Waals surface area contributed by atoms with Gasteiger partial charge >= 0.3 is 0 Å². The molecule has 0 saturated carbocycles. The summed E-state index contributed by atoms with van der Waals surface area (Å²) in [5.74, 6) is 1.17. The quantitative estimate of drug-likeness (QED) is 0.248. The van der Waals surface area contributed by atoms with E-state index >= 15 is 0 Å². The molecule has 0 N–H and O–H groups in total. The molecule has 10 heteroatoms. The summed E-state index contributed by atoms with van der Waals surface area (Å²) < 4.78 is 0. The Morgan fingerprint density at radius 1 is 1.13 bits per heavy atom. The van der Waals surface area contributed by atoms with E-state index < -0.39 is 4.92 Å². The molecule has 0 aliphatic carbocycles. The Bertz CT molecular complexity index is 1140. The number of hydrogen-bond donors (Lipinski definition) is 0. The number of piperazine rings is 1. The summed E-state index contributed by atoms with van der Waals surface area (Å²) in [6, 6.07) is 6.56. The number of amides is 1. The van der Waals surface area contributed by atoms with Crippen molar-refractivity contribution in [1.82, 2.24) is 14.9 Å². The summed E-state index contributed by atoms with van der Waals surface area (Å²) in [5.41, 5.74) is 2.21. The van der Waals surface area contributed by atoms with Gasteiger partial charge in [0.25, 0.3) is 5.69 Å². The van der Waals surface area contributed by atoms with Gasteiger partial charge in [-0.25, -0.2) is 9.97 Å². The molecular weight excluding hydrogens is 434 g/mol. The molecule has 0 spiro atoms. The van der Waals surface area contributed by atoms with Crippen molar-refractivity contribution in [2.24, 2.45) is 0 Å². The maximum Gasteiger partial charge on any atom is 0.269 e. The number of thiophene rings is 1. The average molecular weight is 458 g/mol. The van der Waals surface area contributed by atoms with Gasteiger partial charge in [-0.15, -0.1) is 11.3 Å². The van der Waals surface area contributed by atoms with Crippen LogP contribution >= 0.6 is 23.1 Å². The molecule has 1 aromatic carbocycles. The number of nitro groups is 1. The van der Waals surface area contributed by atoms with Crippen molar-refractivity contribution in [3.05, 3.63) is 50.6 Å². The number of nitro benzene ring substituents is 1. The zero-order valence-electron chi connectivity index (χ0n) is 17.6. The summed E-state index contributed by atoms with van der Waals surface area (Å²) in [7, 11) is 0. The first kappa shape index (κ1) is 21.5. The van der Waals surface area contributed by atoms with Crippen molar-refractivity contribution in [1.29, 1.82) is 0 Å². The Labute approximate surface area is 188 Å². The van der Waals surface area contributed by atoms with Gasteiger partial charge in [0.15, 0.2) is 0 Å². The van der Waals surface area contributed by atoms with Crippen molar-refractivity contribution in [2.45, 2.75) is 25.8 Å². The normalized spacial score (nSPS) is 14.3. The van der Waals surface area contributed by atoms with E-state index in [0.29, 0.717) is 31.9 Å². The summed E-state index contributed by atoms with van der Waals surface area (Å²) in [6.07, 6.45) is 0. The molecule has 2 aromatic heterocycles. The number of aryl methyl sites for hydroxylation is 3. The van der Waals surface area contributed by atoms with E-state index in [1.165, 1.54) is 34.3 Å². The number of benzene rings is 1. The monoisotopic (exact) mass is 457 g/mol. The van der Waals surface area contributed by atoms with Crippen LogP contribution in [0.5, 0.6) is 0 Å². The molecule has 0 unspecified atom stereocenters. The molecule has 1 aliphatic heterocycles. The highest BCUT2D eigenvalue weighted by molar-refractivity contribution is 8.00. The van der Waals surface area contributed by atoms with Crippen LogP contribution in [0.15, 0.2) is 29.3 Å². The number of carbonyl (C=O) groups is 1. The molecule has 4 rings (SSSR count). The molecule has 0 bridgehead atoms. The smallest absolute Gasteiger partial charge is 0.269 e. The molecule has 0 radical (unpaired) electrons. The van der Waals surface area contributed by atoms with E-state index in [1.54, 1.807) is 23.5 Å². The number of rotatable bonds is 5. The van der Waals surface area contributed by atoms with Crippen LogP contribution in [0.25, 0.3) is 10.2 Å². The number of thioether (sulfide) groups is 1. The van der Waals surface area contributed by atoms with E-state index in [2.05, 4.69) is 28.7 Å². The summed E-state index contributed by atoms with van der Waals surface area (Å²) in [6.45, 7) is 8.71. The summed E-state index contributed by atoms with van der Waals surface area (Å²) in [4.78, 5) is 38.6. The zero-order valence-corrected chi connectivity index (χ0v) is 19.3. The van der Waals surface area contributed by atoms with Gasteiger partial charge < -0.3 is 9.80 Å². The van der Waals surface area contributed by atoms with Crippen molar-refractivity contribution >= 4 is 50.6 Å². The molecule has 1 saturated heterocycles. The maximum absolute atomic E-state index is 12.8. The Morgan fingerprint density at radius 3 is 2.45 bits per heavy atom. The number of fused-ring (bicyclic) bond motifs is 1. The lowest BCUT2D eigenvalue weighted by molar-refractivity contribution is -0.384. The molecule has 3 heterocycles. The lowest BCUT2D eigenvalue weighted by Crippen LogP contribution is -2.49. The molecule has 1 aliphatic rings. The van der Waals surface area contributed by atoms with Crippen LogP contribution in [0.4, 0.5) is 11.4 Å². The number of nitrogens with zero attached hydrogens (tertiary/aromatic N) is 5. The van der Waals surface area contributed by atoms with Gasteiger partial charge in [0.2, 0.25) is 5.91 Å². The van der Waals surface area contributed by atoms with Gasteiger partial charge in [0.1, 0.15) is 15.7 Å². The molecule has 1 fully saturated rings. The second kappa shape index (κ2) is 8.80. The zero-order chi connectivity index (χ0) is 22.1. The molecule has 8 nitrogen and oxygen atoms in total. The summed E-state index contributed by atoms with van der Waals surface area (Å²) in [5, 5.41) is 12.8. The predicted octanol–water partition coefficient (Wildman–Crippen LogP) is 3.97. The second-order valence-electron chi connectivity index (χ2n) is 7.47. The van der Waals surface area contributed by atoms with Gasteiger partial charge in [0, 0.05) is 54.3 Å². The number of hydrogen-bond acceptors (Lipinski definition) is 8. The largest absolute Gasteiger partial charge is 0.368 e. The van der Waals surface area contributed by atoms with E-state index in [1.807, 2.05) is 11.8 Å². The van der Waals surface area contributed by atoms with Crippen LogP contribution in [-0.4, -0.2) is 57.6 Å². The van der Waals surface area contributed by atoms with Crippen LogP contribution < -0.4 is 4.90 Å². The van der Waals surface area contributed by atoms with E-state index in [4.69, 9.17) is 0 Å². The fourth-order valence-electron chi connectivity index (χ4n) is 3.64. The SMILES string of the molecule is Cc1nc(SCC(=O)N2CCN(c3ccc([N+](=O)[O-])cc3)CC2)c2c(C)c(C)sc2n1. The lowest BCUT2D eigenvalue weighted by Gasteiger charge is -2.36. The number of non-ortho nitro benzene ring substituents is 1. The van der Waals surface area contributed by atoms with Crippen molar-refractivity contribution in [3.8, 4) is 0 Å². The number of aromatic nitrogens is 2. The van der Waals surface area contributed by atoms with Crippen LogP contribution in [0.1, 0.15) is 16.3 Å². The van der Waals surface area contributed by atoms with Crippen LogP contribution in [-0.2, 0) is 4.79 Å². The average Bonchev–Trinajstić information content (AvgIpc) is 3.05. The summed E-state index contributed by atoms with van der Waals surface area (Å²) >= 11 is 3.15. The van der Waals surface area contributed by atoms with Crippen molar-refractivity contribution in [3.63, 3.8) is 0 Å². The topological polar surface area (TPSA) is 92.5 Å². The van der Waals surface area contributed by atoms with Gasteiger partial charge in [-0.1, -0.05) is 11.8 Å². The minimum absolute atomic E-state index is 0.0831. The van der Waals surface area contributed by atoms with Crippen LogP contribution in [0, 0.1) is 30.9 Å². The third-order valence-electron chi connectivity index (χ3n) is 5.50. The van der Waals surface area contributed by atoms with Gasteiger partial charge in [-0.2, -0.15) is 0 Å². The molecular formula is C21H23N5O3S2. The minimum Gasteiger partial charge on any atom is -0.368 e. The molecule has 1 amide bonds. The third-order valence-corrected chi connectivity index (χ3v) is 7.56. The first-order chi connectivity index (χ1) is 14.8. The minimum atomic E-state index is -0.399. The van der Waals surface area contributed by atoms with Gasteiger partial charge in [-0.3, -0.25) is 14.9 Å². The molecule has 31 heavy (non-hydrogen) atoms. The first-order valence-electron chi connectivity index (χ1n) is 9.98. The van der Waals surface area contributed by atoms with Crippen LogP contribution in [0.3, 0.4) is 0 Å². The first-order valence-corrected chi connectivity index (χ1v) is 11.8. The molecule has 162 valence electrons.